The molecule has 0 saturated carbocycles. The van der Waals surface area contributed by atoms with Crippen molar-refractivity contribution >= 4 is 29.7 Å². The van der Waals surface area contributed by atoms with E-state index in [1.54, 1.807) is 0 Å². The summed E-state index contributed by atoms with van der Waals surface area (Å²) in [5, 5.41) is 17.0. The van der Waals surface area contributed by atoms with Gasteiger partial charge >= 0.3 is 6.09 Å². The van der Waals surface area contributed by atoms with E-state index in [4.69, 9.17) is 9.47 Å². The van der Waals surface area contributed by atoms with Gasteiger partial charge in [0.05, 0.1) is 25.1 Å². The van der Waals surface area contributed by atoms with Gasteiger partial charge in [0.25, 0.3) is 5.91 Å². The number of thioether (sulfide) groups is 1. The average molecular weight is 570 g/mol. The molecule has 0 aliphatic carbocycles. The smallest absolute Gasteiger partial charge is 0.407 e. The molecule has 0 aromatic heterocycles. The van der Waals surface area contributed by atoms with Crippen molar-refractivity contribution in [3.63, 3.8) is 0 Å². The number of hydrogen-bond acceptors (Lipinski definition) is 7. The Morgan fingerprint density at radius 3 is 2.58 bits per heavy atom. The molecule has 40 heavy (non-hydrogen) atoms. The fraction of sp³-hybridized carbons (Fsp3) is 0.500. The van der Waals surface area contributed by atoms with Gasteiger partial charge < -0.3 is 30.1 Å². The van der Waals surface area contributed by atoms with Crippen molar-refractivity contribution in [3.05, 3.63) is 71.3 Å². The predicted octanol–water partition coefficient (Wildman–Crippen LogP) is 3.17. The molecule has 0 radical (unpaired) electrons. The first-order chi connectivity index (χ1) is 19.2. The van der Waals surface area contributed by atoms with Crippen LogP contribution in [0.3, 0.4) is 0 Å². The van der Waals surface area contributed by atoms with Gasteiger partial charge in [0.15, 0.2) is 6.10 Å². The van der Waals surface area contributed by atoms with Crippen LogP contribution < -0.4 is 10.6 Å². The molecule has 4 rings (SSSR count). The Kier molecular flexibility index (Phi) is 10.1. The highest BCUT2D eigenvalue weighted by Gasteiger charge is 2.49. The zero-order valence-electron chi connectivity index (χ0n) is 23.3. The topological polar surface area (TPSA) is 117 Å². The number of hydrogen-bond donors (Lipinski definition) is 3. The predicted molar refractivity (Wildman–Crippen MR) is 154 cm³/mol. The molecule has 2 saturated heterocycles. The number of nitrogens with one attached hydrogen (secondary N) is 2. The molecular weight excluding hydrogens is 530 g/mol. The van der Waals surface area contributed by atoms with Gasteiger partial charge in [-0.25, -0.2) is 4.79 Å². The molecule has 2 heterocycles. The molecule has 2 aromatic carbocycles. The molecule has 0 unspecified atom stereocenters. The van der Waals surface area contributed by atoms with E-state index in [9.17, 15) is 19.5 Å². The summed E-state index contributed by atoms with van der Waals surface area (Å²) in [6.45, 7) is 7.00. The molecule has 10 heteroatoms. The third-order valence-corrected chi connectivity index (χ3v) is 8.85. The van der Waals surface area contributed by atoms with Gasteiger partial charge in [-0.05, 0) is 50.3 Å². The first-order valence-corrected chi connectivity index (χ1v) is 14.7. The summed E-state index contributed by atoms with van der Waals surface area (Å²) < 4.78 is 10.2. The van der Waals surface area contributed by atoms with E-state index >= 15 is 0 Å². The highest BCUT2D eigenvalue weighted by Crippen LogP contribution is 2.40. The maximum atomic E-state index is 13.7. The summed E-state index contributed by atoms with van der Waals surface area (Å²) in [4.78, 5) is 41.3. The van der Waals surface area contributed by atoms with Crippen molar-refractivity contribution < 1.29 is 29.0 Å². The first-order valence-electron chi connectivity index (χ1n) is 13.7. The molecule has 3 N–H and O–H groups in total. The van der Waals surface area contributed by atoms with Gasteiger partial charge in [0, 0.05) is 17.7 Å². The molecule has 2 fully saturated rings. The summed E-state index contributed by atoms with van der Waals surface area (Å²) in [7, 11) is 0. The molecule has 0 bridgehead atoms. The number of alkyl carbamates (subject to hydrolysis) is 1. The summed E-state index contributed by atoms with van der Waals surface area (Å²) in [6.07, 6.45) is -1.19. The monoisotopic (exact) mass is 569 g/mol. The Labute approximate surface area is 240 Å². The van der Waals surface area contributed by atoms with Crippen molar-refractivity contribution in [1.82, 2.24) is 15.5 Å². The second kappa shape index (κ2) is 13.5. The normalized spacial score (nSPS) is 21.4. The van der Waals surface area contributed by atoms with Crippen LogP contribution in [0, 0.1) is 6.92 Å². The molecule has 216 valence electrons. The number of ether oxygens (including phenoxy) is 2. The Bertz CT molecular complexity index is 1170. The fourth-order valence-corrected chi connectivity index (χ4v) is 6.20. The van der Waals surface area contributed by atoms with E-state index in [0.29, 0.717) is 39.0 Å². The zero-order valence-corrected chi connectivity index (χ0v) is 24.1. The maximum absolute atomic E-state index is 13.7. The lowest BCUT2D eigenvalue weighted by Crippen LogP contribution is -2.58. The van der Waals surface area contributed by atoms with Crippen molar-refractivity contribution in [2.45, 2.75) is 75.6 Å². The standard InChI is InChI=1S/C30H39N3O6S/c1-20-9-7-8-12-22(20)17-31-27(35)26-30(2,3)40-19-33(26)28(36)25(34)24(14-13-21-10-5-4-6-11-21)32-29(37)39-23-15-16-38-18-23/h4-12,23-26,34H,13-19H2,1-3H3,(H,31,35)(H,32,37)/t23-,24-,25-,26+/m0/s1. The second-order valence-electron chi connectivity index (χ2n) is 10.8. The van der Waals surface area contributed by atoms with Crippen LogP contribution in [0.2, 0.25) is 0 Å². The number of amides is 3. The van der Waals surface area contributed by atoms with E-state index in [-0.39, 0.29) is 17.9 Å². The molecule has 3 amide bonds. The molecule has 2 aliphatic rings. The Morgan fingerprint density at radius 1 is 1.15 bits per heavy atom. The minimum atomic E-state index is -1.56. The van der Waals surface area contributed by atoms with Crippen LogP contribution in [-0.4, -0.2) is 76.0 Å². The van der Waals surface area contributed by atoms with Gasteiger partial charge in [-0.3, -0.25) is 9.59 Å². The largest absolute Gasteiger partial charge is 0.444 e. The SMILES string of the molecule is Cc1ccccc1CNC(=O)[C@H]1N(C(=O)[C@@H](O)[C@H](CCc2ccccc2)NC(=O)O[C@H]2CCOC2)CSC1(C)C. The van der Waals surface area contributed by atoms with Gasteiger partial charge in [-0.2, -0.15) is 0 Å². The van der Waals surface area contributed by atoms with Gasteiger partial charge in [0.1, 0.15) is 12.1 Å². The third-order valence-electron chi connectivity index (χ3n) is 7.48. The Hall–Kier alpha value is -3.08. The number of aryl methyl sites for hydroxylation is 2. The number of carbonyl (C=O) groups is 3. The van der Waals surface area contributed by atoms with Crippen LogP contribution in [0.25, 0.3) is 0 Å². The Morgan fingerprint density at radius 2 is 1.88 bits per heavy atom. The van der Waals surface area contributed by atoms with E-state index in [2.05, 4.69) is 10.6 Å². The number of aliphatic hydroxyl groups is 1. The molecule has 4 atom stereocenters. The second-order valence-corrected chi connectivity index (χ2v) is 12.4. The fourth-order valence-electron chi connectivity index (χ4n) is 5.06. The molecule has 9 nitrogen and oxygen atoms in total. The third kappa shape index (κ3) is 7.56. The molecule has 2 aromatic rings. The van der Waals surface area contributed by atoms with Gasteiger partial charge in [0.2, 0.25) is 5.91 Å². The highest BCUT2D eigenvalue weighted by atomic mass is 32.2. The summed E-state index contributed by atoms with van der Waals surface area (Å²) in [6, 6.07) is 15.7. The number of nitrogens with zero attached hydrogens (tertiary/aromatic N) is 1. The summed E-state index contributed by atoms with van der Waals surface area (Å²) in [5.41, 5.74) is 3.07. The van der Waals surface area contributed by atoms with Crippen LogP contribution in [-0.2, 0) is 32.0 Å². The molecular formula is C30H39N3O6S. The van der Waals surface area contributed by atoms with Crippen molar-refractivity contribution in [2.24, 2.45) is 0 Å². The zero-order chi connectivity index (χ0) is 28.7. The van der Waals surface area contributed by atoms with Crippen LogP contribution in [0.15, 0.2) is 54.6 Å². The van der Waals surface area contributed by atoms with Gasteiger partial charge in [-0.15, -0.1) is 11.8 Å². The van der Waals surface area contributed by atoms with Crippen molar-refractivity contribution in [1.29, 1.82) is 0 Å². The number of aliphatic hydroxyl groups excluding tert-OH is 1. The molecule has 0 spiro atoms. The average Bonchev–Trinajstić information content (AvgIpc) is 3.56. The lowest BCUT2D eigenvalue weighted by Gasteiger charge is -2.33. The molecule has 2 aliphatic heterocycles. The quantitative estimate of drug-likeness (QED) is 0.402. The van der Waals surface area contributed by atoms with Crippen LogP contribution >= 0.6 is 11.8 Å². The summed E-state index contributed by atoms with van der Waals surface area (Å²) >= 11 is 1.48. The van der Waals surface area contributed by atoms with E-state index in [0.717, 1.165) is 16.7 Å². The summed E-state index contributed by atoms with van der Waals surface area (Å²) in [5.74, 6) is -0.634. The maximum Gasteiger partial charge on any atom is 0.407 e. The van der Waals surface area contributed by atoms with E-state index < -0.39 is 34.9 Å². The van der Waals surface area contributed by atoms with Crippen molar-refractivity contribution in [3.8, 4) is 0 Å². The lowest BCUT2D eigenvalue weighted by molar-refractivity contribution is -0.147. The van der Waals surface area contributed by atoms with Crippen LogP contribution in [0.1, 0.15) is 43.4 Å². The van der Waals surface area contributed by atoms with Crippen molar-refractivity contribution in [2.75, 3.05) is 19.1 Å². The van der Waals surface area contributed by atoms with Gasteiger partial charge in [-0.1, -0.05) is 54.6 Å². The minimum absolute atomic E-state index is 0.251. The van der Waals surface area contributed by atoms with Crippen LogP contribution in [0.4, 0.5) is 4.79 Å². The van der Waals surface area contributed by atoms with E-state index in [1.165, 1.54) is 16.7 Å². The minimum Gasteiger partial charge on any atom is -0.444 e. The highest BCUT2D eigenvalue weighted by molar-refractivity contribution is 8.00. The van der Waals surface area contributed by atoms with Crippen LogP contribution in [0.5, 0.6) is 0 Å². The number of carbonyl (C=O) groups excluding carboxylic acids is 3. The lowest BCUT2D eigenvalue weighted by atomic mass is 9.97. The number of rotatable bonds is 10. The first kappa shape index (κ1) is 29.9. The Balaban J connectivity index is 1.46. The number of benzene rings is 2. The van der Waals surface area contributed by atoms with E-state index in [1.807, 2.05) is 75.4 Å².